The molecule has 17 heavy (non-hydrogen) atoms. The maximum atomic E-state index is 11.3. The zero-order chi connectivity index (χ0) is 13.3. The highest BCUT2D eigenvalue weighted by molar-refractivity contribution is 5.94. The van der Waals surface area contributed by atoms with Crippen LogP contribution in [0.2, 0.25) is 0 Å². The molecule has 0 spiro atoms. The summed E-state index contributed by atoms with van der Waals surface area (Å²) in [5.74, 6) is -1.29. The van der Waals surface area contributed by atoms with Gasteiger partial charge in [0, 0.05) is 11.6 Å². The van der Waals surface area contributed by atoms with Crippen LogP contribution >= 0.6 is 0 Å². The first-order chi connectivity index (χ1) is 8.01. The Balaban J connectivity index is 4.04. The van der Waals surface area contributed by atoms with Crippen LogP contribution in [-0.4, -0.2) is 23.7 Å². The maximum absolute atomic E-state index is 11.3. The van der Waals surface area contributed by atoms with E-state index in [1.807, 2.05) is 0 Å². The van der Waals surface area contributed by atoms with Gasteiger partial charge in [-0.25, -0.2) is 9.59 Å². The molecule has 0 aromatic rings. The third-order valence-corrected chi connectivity index (χ3v) is 2.68. The number of carbonyl (C=O) groups is 2. The fourth-order valence-corrected chi connectivity index (χ4v) is 1.38. The normalized spacial score (nSPS) is 13.2. The average molecular weight is 242 g/mol. The Bertz CT molecular complexity index is 281. The minimum Gasteiger partial charge on any atom is -0.478 e. The van der Waals surface area contributed by atoms with Crippen molar-refractivity contribution in [3.8, 4) is 0 Å². The van der Waals surface area contributed by atoms with Crippen LogP contribution in [0, 0.1) is 5.92 Å². The van der Waals surface area contributed by atoms with E-state index in [9.17, 15) is 9.59 Å². The van der Waals surface area contributed by atoms with Crippen LogP contribution < -0.4 is 0 Å². The van der Waals surface area contributed by atoms with Gasteiger partial charge in [0.05, 0.1) is 6.61 Å². The molecule has 1 unspecified atom stereocenters. The number of aliphatic carboxylic acids is 1. The minimum atomic E-state index is -1.10. The van der Waals surface area contributed by atoms with Crippen molar-refractivity contribution in [1.29, 1.82) is 0 Å². The number of hydrogen-bond acceptors (Lipinski definition) is 3. The Morgan fingerprint density at radius 1 is 1.35 bits per heavy atom. The third-order valence-electron chi connectivity index (χ3n) is 2.68. The largest absolute Gasteiger partial charge is 0.478 e. The second kappa shape index (κ2) is 8.79. The van der Waals surface area contributed by atoms with E-state index >= 15 is 0 Å². The van der Waals surface area contributed by atoms with E-state index in [4.69, 9.17) is 9.84 Å². The number of carbonyl (C=O) groups excluding carboxylic acids is 1. The number of carboxylic acid groups (broad SMARTS) is 1. The molecule has 4 nitrogen and oxygen atoms in total. The third kappa shape index (κ3) is 7.55. The first kappa shape index (κ1) is 15.7. The lowest BCUT2D eigenvalue weighted by Crippen LogP contribution is -2.13. The van der Waals surface area contributed by atoms with Crippen LogP contribution in [0.5, 0.6) is 0 Å². The molecule has 0 amide bonds. The molecule has 0 aromatic heterocycles. The molecule has 0 aliphatic carbocycles. The number of hydrogen-bond donors (Lipinski definition) is 1. The lowest BCUT2D eigenvalue weighted by atomic mass is 10.0. The summed E-state index contributed by atoms with van der Waals surface area (Å²) in [6.45, 7) is 5.93. The quantitative estimate of drug-likeness (QED) is 0.525. The minimum absolute atomic E-state index is 0.00314. The van der Waals surface area contributed by atoms with Crippen molar-refractivity contribution >= 4 is 11.9 Å². The monoisotopic (exact) mass is 242 g/mol. The van der Waals surface area contributed by atoms with E-state index < -0.39 is 11.9 Å². The van der Waals surface area contributed by atoms with Crippen molar-refractivity contribution in [3.05, 3.63) is 11.6 Å². The summed E-state index contributed by atoms with van der Waals surface area (Å²) in [5, 5.41) is 8.59. The summed E-state index contributed by atoms with van der Waals surface area (Å²) in [6.07, 6.45) is 5.29. The van der Waals surface area contributed by atoms with Crippen molar-refractivity contribution in [1.82, 2.24) is 0 Å². The van der Waals surface area contributed by atoms with Crippen LogP contribution in [0.25, 0.3) is 0 Å². The fourth-order valence-electron chi connectivity index (χ4n) is 1.38. The SMILES string of the molecule is CCCCC(CC)COC(=O)/C=C(/C)C(=O)O. The van der Waals surface area contributed by atoms with E-state index in [2.05, 4.69) is 13.8 Å². The van der Waals surface area contributed by atoms with Gasteiger partial charge in [-0.3, -0.25) is 0 Å². The van der Waals surface area contributed by atoms with Crippen LogP contribution in [0.1, 0.15) is 46.5 Å². The Labute approximate surface area is 103 Å². The van der Waals surface area contributed by atoms with Crippen molar-refractivity contribution in [2.45, 2.75) is 46.5 Å². The highest BCUT2D eigenvalue weighted by atomic mass is 16.5. The van der Waals surface area contributed by atoms with Gasteiger partial charge in [0.15, 0.2) is 0 Å². The van der Waals surface area contributed by atoms with Crippen LogP contribution in [0.4, 0.5) is 0 Å². The highest BCUT2D eigenvalue weighted by Gasteiger charge is 2.10. The van der Waals surface area contributed by atoms with Gasteiger partial charge in [-0.15, -0.1) is 0 Å². The number of ether oxygens (including phenoxy) is 1. The summed E-state index contributed by atoms with van der Waals surface area (Å²) in [5.41, 5.74) is -0.00314. The van der Waals surface area contributed by atoms with Gasteiger partial charge in [0.2, 0.25) is 0 Å². The van der Waals surface area contributed by atoms with Crippen LogP contribution in [0.15, 0.2) is 11.6 Å². The molecule has 1 atom stereocenters. The van der Waals surface area contributed by atoms with Gasteiger partial charge in [-0.1, -0.05) is 33.1 Å². The molecule has 0 aliphatic rings. The predicted molar refractivity (Wildman–Crippen MR) is 65.7 cm³/mol. The van der Waals surface area contributed by atoms with Crippen molar-refractivity contribution < 1.29 is 19.4 Å². The molecule has 0 saturated heterocycles. The first-order valence-electron chi connectivity index (χ1n) is 6.09. The molecule has 0 aliphatic heterocycles. The maximum Gasteiger partial charge on any atom is 0.331 e. The lowest BCUT2D eigenvalue weighted by Gasteiger charge is -2.13. The molecule has 4 heteroatoms. The second-order valence-corrected chi connectivity index (χ2v) is 4.18. The molecule has 0 rings (SSSR count). The summed E-state index contributed by atoms with van der Waals surface area (Å²) < 4.78 is 5.03. The van der Waals surface area contributed by atoms with E-state index in [-0.39, 0.29) is 5.57 Å². The van der Waals surface area contributed by atoms with Gasteiger partial charge in [-0.2, -0.15) is 0 Å². The molecule has 0 bridgehead atoms. The van der Waals surface area contributed by atoms with Gasteiger partial charge in [0.1, 0.15) is 0 Å². The van der Waals surface area contributed by atoms with Gasteiger partial charge in [-0.05, 0) is 19.3 Å². The predicted octanol–water partition coefficient (Wildman–Crippen LogP) is 2.78. The molecular formula is C13H22O4. The standard InChI is InChI=1S/C13H22O4/c1-4-6-7-11(5-2)9-17-12(14)8-10(3)13(15)16/h8,11H,4-7,9H2,1-3H3,(H,15,16)/b10-8-. The van der Waals surface area contributed by atoms with E-state index in [1.54, 1.807) is 0 Å². The van der Waals surface area contributed by atoms with Crippen LogP contribution in [0.3, 0.4) is 0 Å². The lowest BCUT2D eigenvalue weighted by molar-refractivity contribution is -0.140. The Hall–Kier alpha value is -1.32. The topological polar surface area (TPSA) is 63.6 Å². The smallest absolute Gasteiger partial charge is 0.331 e. The molecule has 98 valence electrons. The molecular weight excluding hydrogens is 220 g/mol. The Kier molecular flexibility index (Phi) is 8.11. The van der Waals surface area contributed by atoms with Crippen molar-refractivity contribution in [2.75, 3.05) is 6.61 Å². The van der Waals surface area contributed by atoms with E-state index in [0.717, 1.165) is 31.8 Å². The number of carboxylic acids is 1. The summed E-state index contributed by atoms with van der Waals surface area (Å²) >= 11 is 0. The number of rotatable bonds is 8. The molecule has 0 heterocycles. The van der Waals surface area contributed by atoms with Gasteiger partial charge in [0.25, 0.3) is 0 Å². The molecule has 0 saturated carbocycles. The van der Waals surface area contributed by atoms with Gasteiger partial charge >= 0.3 is 11.9 Å². The zero-order valence-corrected chi connectivity index (χ0v) is 10.9. The summed E-state index contributed by atoms with van der Waals surface area (Å²) in [6, 6.07) is 0. The first-order valence-corrected chi connectivity index (χ1v) is 6.09. The molecule has 1 N–H and O–H groups in total. The van der Waals surface area contributed by atoms with Crippen molar-refractivity contribution in [3.63, 3.8) is 0 Å². The Morgan fingerprint density at radius 3 is 2.47 bits per heavy atom. The Morgan fingerprint density at radius 2 is 2.00 bits per heavy atom. The van der Waals surface area contributed by atoms with E-state index in [1.165, 1.54) is 6.92 Å². The zero-order valence-electron chi connectivity index (χ0n) is 10.9. The van der Waals surface area contributed by atoms with Crippen molar-refractivity contribution in [2.24, 2.45) is 5.92 Å². The fraction of sp³-hybridized carbons (Fsp3) is 0.692. The number of unbranched alkanes of at least 4 members (excludes halogenated alkanes) is 1. The van der Waals surface area contributed by atoms with Crippen LogP contribution in [-0.2, 0) is 14.3 Å². The van der Waals surface area contributed by atoms with Gasteiger partial charge < -0.3 is 9.84 Å². The number of esters is 1. The molecule has 0 aromatic carbocycles. The molecule has 0 fully saturated rings. The molecule has 0 radical (unpaired) electrons. The summed E-state index contributed by atoms with van der Waals surface area (Å²) in [4.78, 5) is 21.8. The van der Waals surface area contributed by atoms with E-state index in [0.29, 0.717) is 12.5 Å². The average Bonchev–Trinajstić information content (AvgIpc) is 2.29. The highest BCUT2D eigenvalue weighted by Crippen LogP contribution is 2.13. The second-order valence-electron chi connectivity index (χ2n) is 4.18. The summed E-state index contributed by atoms with van der Waals surface area (Å²) in [7, 11) is 0.